The van der Waals surface area contributed by atoms with Crippen molar-refractivity contribution in [3.8, 4) is 0 Å². The molecule has 20 heavy (non-hydrogen) atoms. The molecule has 1 aromatic rings. The van der Waals surface area contributed by atoms with Gasteiger partial charge < -0.3 is 15.4 Å². The summed E-state index contributed by atoms with van der Waals surface area (Å²) in [4.78, 5) is 11.7. The van der Waals surface area contributed by atoms with Gasteiger partial charge in [0, 0.05) is 25.2 Å². The van der Waals surface area contributed by atoms with Gasteiger partial charge in [-0.2, -0.15) is 0 Å². The SMILES string of the molecule is CNCC(=O)NCC1(c2ccccc2)CCOCC1.Cl. The Bertz CT molecular complexity index is 406. The number of likely N-dealkylation sites (N-methyl/N-ethyl adjacent to an activating group) is 1. The zero-order valence-corrected chi connectivity index (χ0v) is 12.7. The maximum Gasteiger partial charge on any atom is 0.233 e. The van der Waals surface area contributed by atoms with Crippen molar-refractivity contribution >= 4 is 18.3 Å². The highest BCUT2D eigenvalue weighted by molar-refractivity contribution is 5.85. The number of carbonyl (C=O) groups excluding carboxylic acids is 1. The van der Waals surface area contributed by atoms with E-state index in [0.29, 0.717) is 13.1 Å². The molecule has 0 saturated carbocycles. The zero-order chi connectivity index (χ0) is 13.6. The van der Waals surface area contributed by atoms with Crippen molar-refractivity contribution < 1.29 is 9.53 Å². The van der Waals surface area contributed by atoms with Crippen molar-refractivity contribution in [3.63, 3.8) is 0 Å². The maximum absolute atomic E-state index is 11.7. The molecule has 0 radical (unpaired) electrons. The predicted molar refractivity (Wildman–Crippen MR) is 82.4 cm³/mol. The Morgan fingerprint density at radius 1 is 1.25 bits per heavy atom. The van der Waals surface area contributed by atoms with Crippen LogP contribution in [0.15, 0.2) is 30.3 Å². The highest BCUT2D eigenvalue weighted by Crippen LogP contribution is 2.34. The van der Waals surface area contributed by atoms with Gasteiger partial charge in [-0.3, -0.25) is 4.79 Å². The van der Waals surface area contributed by atoms with Gasteiger partial charge in [0.25, 0.3) is 0 Å². The summed E-state index contributed by atoms with van der Waals surface area (Å²) < 4.78 is 5.48. The molecule has 112 valence electrons. The lowest BCUT2D eigenvalue weighted by Crippen LogP contribution is -2.46. The summed E-state index contributed by atoms with van der Waals surface area (Å²) in [6.45, 7) is 2.57. The molecule has 1 fully saturated rings. The van der Waals surface area contributed by atoms with Crippen molar-refractivity contribution in [1.82, 2.24) is 10.6 Å². The van der Waals surface area contributed by atoms with Gasteiger partial charge >= 0.3 is 0 Å². The van der Waals surface area contributed by atoms with Crippen LogP contribution in [0.4, 0.5) is 0 Å². The summed E-state index contributed by atoms with van der Waals surface area (Å²) in [5.41, 5.74) is 1.31. The van der Waals surface area contributed by atoms with E-state index < -0.39 is 0 Å². The third-order valence-electron chi connectivity index (χ3n) is 3.80. The van der Waals surface area contributed by atoms with Gasteiger partial charge in [0.2, 0.25) is 5.91 Å². The molecule has 4 nitrogen and oxygen atoms in total. The summed E-state index contributed by atoms with van der Waals surface area (Å²) in [5.74, 6) is 0.0456. The maximum atomic E-state index is 11.7. The van der Waals surface area contributed by atoms with E-state index in [1.807, 2.05) is 6.07 Å². The topological polar surface area (TPSA) is 50.4 Å². The third kappa shape index (κ3) is 4.20. The summed E-state index contributed by atoms with van der Waals surface area (Å²) in [6, 6.07) is 10.4. The molecule has 1 amide bonds. The molecule has 1 aliphatic rings. The molecule has 2 N–H and O–H groups in total. The Hall–Kier alpha value is -1.10. The minimum atomic E-state index is 0. The quantitative estimate of drug-likeness (QED) is 0.866. The summed E-state index contributed by atoms with van der Waals surface area (Å²) in [7, 11) is 1.78. The Morgan fingerprint density at radius 2 is 1.90 bits per heavy atom. The highest BCUT2D eigenvalue weighted by atomic mass is 35.5. The summed E-state index contributed by atoms with van der Waals surface area (Å²) in [5, 5.41) is 5.91. The molecule has 2 rings (SSSR count). The number of benzene rings is 1. The Morgan fingerprint density at radius 3 is 2.50 bits per heavy atom. The Kier molecular flexibility index (Phi) is 6.99. The molecule has 0 aromatic heterocycles. The Labute approximate surface area is 126 Å². The first kappa shape index (κ1) is 17.0. The van der Waals surface area contributed by atoms with Crippen LogP contribution in [0.25, 0.3) is 0 Å². The standard InChI is InChI=1S/C15H22N2O2.ClH/c1-16-11-14(18)17-12-15(7-9-19-10-8-15)13-5-3-2-4-6-13;/h2-6,16H,7-12H2,1H3,(H,17,18);1H. The monoisotopic (exact) mass is 298 g/mol. The van der Waals surface area contributed by atoms with E-state index in [9.17, 15) is 4.79 Å². The smallest absolute Gasteiger partial charge is 0.233 e. The number of nitrogens with one attached hydrogen (secondary N) is 2. The molecule has 0 atom stereocenters. The second-order valence-corrected chi connectivity index (χ2v) is 5.07. The number of amides is 1. The molecule has 0 bridgehead atoms. The van der Waals surface area contributed by atoms with Crippen molar-refractivity contribution in [2.24, 2.45) is 0 Å². The van der Waals surface area contributed by atoms with E-state index >= 15 is 0 Å². The molecule has 1 heterocycles. The highest BCUT2D eigenvalue weighted by Gasteiger charge is 2.34. The molecule has 1 aliphatic heterocycles. The fourth-order valence-corrected chi connectivity index (χ4v) is 2.61. The molecule has 0 spiro atoms. The predicted octanol–water partition coefficient (Wildman–Crippen LogP) is 1.49. The third-order valence-corrected chi connectivity index (χ3v) is 3.80. The van der Waals surface area contributed by atoms with E-state index in [1.54, 1.807) is 7.05 Å². The first-order chi connectivity index (χ1) is 9.27. The van der Waals surface area contributed by atoms with Crippen LogP contribution in [0.5, 0.6) is 0 Å². The number of ether oxygens (including phenoxy) is 1. The largest absolute Gasteiger partial charge is 0.381 e. The van der Waals surface area contributed by atoms with E-state index in [4.69, 9.17) is 4.74 Å². The van der Waals surface area contributed by atoms with Crippen LogP contribution in [0, 0.1) is 0 Å². The zero-order valence-electron chi connectivity index (χ0n) is 11.9. The molecule has 1 aromatic carbocycles. The van der Waals surface area contributed by atoms with Gasteiger partial charge in [-0.05, 0) is 25.5 Å². The average molecular weight is 299 g/mol. The van der Waals surface area contributed by atoms with Gasteiger partial charge in [-0.25, -0.2) is 0 Å². The normalized spacial score (nSPS) is 17.1. The van der Waals surface area contributed by atoms with Crippen LogP contribution in [-0.2, 0) is 14.9 Å². The molecule has 0 aliphatic carbocycles. The van der Waals surface area contributed by atoms with Crippen molar-refractivity contribution in [3.05, 3.63) is 35.9 Å². The second-order valence-electron chi connectivity index (χ2n) is 5.07. The molecule has 1 saturated heterocycles. The Balaban J connectivity index is 0.00000200. The summed E-state index contributed by atoms with van der Waals surface area (Å²) >= 11 is 0. The first-order valence-corrected chi connectivity index (χ1v) is 6.81. The second kappa shape index (κ2) is 8.25. The minimum Gasteiger partial charge on any atom is -0.381 e. The van der Waals surface area contributed by atoms with Crippen molar-refractivity contribution in [2.45, 2.75) is 18.3 Å². The fourth-order valence-electron chi connectivity index (χ4n) is 2.61. The van der Waals surface area contributed by atoms with Crippen LogP contribution in [0.3, 0.4) is 0 Å². The molecule has 0 unspecified atom stereocenters. The number of hydrogen-bond donors (Lipinski definition) is 2. The van der Waals surface area contributed by atoms with Gasteiger partial charge in [0.1, 0.15) is 0 Å². The van der Waals surface area contributed by atoms with Crippen LogP contribution in [0.1, 0.15) is 18.4 Å². The van der Waals surface area contributed by atoms with E-state index in [0.717, 1.165) is 26.1 Å². The lowest BCUT2D eigenvalue weighted by Gasteiger charge is -2.38. The van der Waals surface area contributed by atoms with E-state index in [1.165, 1.54) is 5.56 Å². The lowest BCUT2D eigenvalue weighted by molar-refractivity contribution is -0.120. The fraction of sp³-hybridized carbons (Fsp3) is 0.533. The van der Waals surface area contributed by atoms with Gasteiger partial charge in [-0.1, -0.05) is 30.3 Å². The number of hydrogen-bond acceptors (Lipinski definition) is 3. The number of rotatable bonds is 5. The van der Waals surface area contributed by atoms with Gasteiger partial charge in [0.15, 0.2) is 0 Å². The van der Waals surface area contributed by atoms with Crippen LogP contribution < -0.4 is 10.6 Å². The molecular formula is C15H23ClN2O2. The first-order valence-electron chi connectivity index (χ1n) is 6.81. The molecule has 5 heteroatoms. The van der Waals surface area contributed by atoms with Crippen LogP contribution in [0.2, 0.25) is 0 Å². The minimum absolute atomic E-state index is 0. The van der Waals surface area contributed by atoms with Crippen LogP contribution in [-0.4, -0.2) is 39.3 Å². The van der Waals surface area contributed by atoms with Gasteiger partial charge in [-0.15, -0.1) is 12.4 Å². The summed E-state index contributed by atoms with van der Waals surface area (Å²) in [6.07, 6.45) is 1.91. The van der Waals surface area contributed by atoms with Crippen LogP contribution >= 0.6 is 12.4 Å². The number of carbonyl (C=O) groups is 1. The van der Waals surface area contributed by atoms with Crippen molar-refractivity contribution in [1.29, 1.82) is 0 Å². The lowest BCUT2D eigenvalue weighted by atomic mass is 9.74. The van der Waals surface area contributed by atoms with E-state index in [2.05, 4.69) is 34.9 Å². The molecular weight excluding hydrogens is 276 g/mol. The number of halogens is 1. The van der Waals surface area contributed by atoms with Gasteiger partial charge in [0.05, 0.1) is 6.54 Å². The van der Waals surface area contributed by atoms with E-state index in [-0.39, 0.29) is 23.7 Å². The average Bonchev–Trinajstić information content (AvgIpc) is 2.47. The van der Waals surface area contributed by atoms with Crippen molar-refractivity contribution in [2.75, 3.05) is 33.4 Å².